The molecule has 0 saturated heterocycles. The molecule has 4 rings (SSSR count). The number of nitrogens with zero attached hydrogens (tertiary/aromatic N) is 3. The minimum Gasteiger partial charge on any atom is -0.497 e. The van der Waals surface area contributed by atoms with E-state index in [0.29, 0.717) is 40.8 Å². The summed E-state index contributed by atoms with van der Waals surface area (Å²) in [6, 6.07) is 19.3. The van der Waals surface area contributed by atoms with Crippen molar-refractivity contribution in [2.75, 3.05) is 26.6 Å². The Hall–Kier alpha value is -3.76. The van der Waals surface area contributed by atoms with Crippen LogP contribution in [0.25, 0.3) is 11.2 Å². The molecule has 32 heavy (non-hydrogen) atoms. The van der Waals surface area contributed by atoms with Gasteiger partial charge in [-0.2, -0.15) is 0 Å². The van der Waals surface area contributed by atoms with Crippen LogP contribution in [-0.4, -0.2) is 41.5 Å². The van der Waals surface area contributed by atoms with E-state index < -0.39 is 0 Å². The first-order valence-corrected chi connectivity index (χ1v) is 10.9. The topological polar surface area (TPSA) is 66.4 Å². The van der Waals surface area contributed by atoms with Crippen LogP contribution < -0.4 is 14.2 Å². The van der Waals surface area contributed by atoms with Gasteiger partial charge in [0.05, 0.1) is 20.8 Å². The van der Waals surface area contributed by atoms with Gasteiger partial charge in [0.2, 0.25) is 5.88 Å². The van der Waals surface area contributed by atoms with E-state index in [0.717, 1.165) is 11.3 Å². The molecule has 0 aliphatic heterocycles. The Morgan fingerprint density at radius 3 is 2.41 bits per heavy atom. The number of fused-ring (bicyclic) bond motifs is 1. The smallest absolute Gasteiger partial charge is 0.249 e. The second-order valence-corrected chi connectivity index (χ2v) is 7.75. The van der Waals surface area contributed by atoms with Gasteiger partial charge in [-0.3, -0.25) is 0 Å². The molecule has 0 unspecified atom stereocenters. The minimum atomic E-state index is 0.390. The summed E-state index contributed by atoms with van der Waals surface area (Å²) in [7, 11) is 3.21. The SMILES string of the molecule is COc1cc(C#Cc2nc3ncccc3nc2OCCSc2ccccc2)cc(OC)c1. The third-order valence-corrected chi connectivity index (χ3v) is 5.40. The van der Waals surface area contributed by atoms with Crippen molar-refractivity contribution in [2.24, 2.45) is 0 Å². The molecule has 0 aliphatic rings. The van der Waals surface area contributed by atoms with Crippen molar-refractivity contribution in [3.05, 3.63) is 78.1 Å². The van der Waals surface area contributed by atoms with Crippen LogP contribution in [0.2, 0.25) is 0 Å². The average Bonchev–Trinajstić information content (AvgIpc) is 2.85. The quantitative estimate of drug-likeness (QED) is 0.235. The van der Waals surface area contributed by atoms with Crippen LogP contribution in [0.3, 0.4) is 0 Å². The molecule has 0 fully saturated rings. The van der Waals surface area contributed by atoms with Crippen molar-refractivity contribution in [1.29, 1.82) is 0 Å². The summed E-state index contributed by atoms with van der Waals surface area (Å²) in [5, 5.41) is 0. The molecule has 4 aromatic rings. The summed E-state index contributed by atoms with van der Waals surface area (Å²) in [5.74, 6) is 8.67. The maximum Gasteiger partial charge on any atom is 0.249 e. The van der Waals surface area contributed by atoms with Gasteiger partial charge < -0.3 is 14.2 Å². The van der Waals surface area contributed by atoms with Gasteiger partial charge in [0.15, 0.2) is 11.3 Å². The van der Waals surface area contributed by atoms with Crippen LogP contribution in [0.1, 0.15) is 11.3 Å². The van der Waals surface area contributed by atoms with Crippen molar-refractivity contribution >= 4 is 22.9 Å². The molecule has 2 aromatic heterocycles. The zero-order valence-corrected chi connectivity index (χ0v) is 18.6. The number of hydrogen-bond acceptors (Lipinski definition) is 7. The lowest BCUT2D eigenvalue weighted by atomic mass is 10.2. The summed E-state index contributed by atoms with van der Waals surface area (Å²) in [5.41, 5.74) is 2.34. The number of benzene rings is 2. The molecule has 0 atom stereocenters. The van der Waals surface area contributed by atoms with Gasteiger partial charge in [-0.25, -0.2) is 15.0 Å². The van der Waals surface area contributed by atoms with E-state index in [9.17, 15) is 0 Å². The van der Waals surface area contributed by atoms with E-state index in [4.69, 9.17) is 14.2 Å². The van der Waals surface area contributed by atoms with Crippen LogP contribution in [0, 0.1) is 11.8 Å². The lowest BCUT2D eigenvalue weighted by Crippen LogP contribution is -2.05. The van der Waals surface area contributed by atoms with Crippen molar-refractivity contribution in [1.82, 2.24) is 15.0 Å². The summed E-state index contributed by atoms with van der Waals surface area (Å²) in [4.78, 5) is 14.6. The number of hydrogen-bond donors (Lipinski definition) is 0. The second-order valence-electron chi connectivity index (χ2n) is 6.58. The van der Waals surface area contributed by atoms with Gasteiger partial charge in [-0.1, -0.05) is 24.1 Å². The predicted octanol–water partition coefficient (Wildman–Crippen LogP) is 4.61. The number of methoxy groups -OCH3 is 2. The fourth-order valence-electron chi connectivity index (χ4n) is 2.89. The first-order chi connectivity index (χ1) is 15.7. The van der Waals surface area contributed by atoms with Crippen molar-refractivity contribution < 1.29 is 14.2 Å². The third kappa shape index (κ3) is 5.48. The largest absolute Gasteiger partial charge is 0.497 e. The lowest BCUT2D eigenvalue weighted by Gasteiger charge is -2.08. The molecular formula is C25H21N3O3S. The zero-order valence-electron chi connectivity index (χ0n) is 17.7. The second kappa shape index (κ2) is 10.5. The van der Waals surface area contributed by atoms with Crippen molar-refractivity contribution in [2.45, 2.75) is 4.90 Å². The number of thioether (sulfide) groups is 1. The molecule has 0 bridgehead atoms. The zero-order chi connectivity index (χ0) is 22.2. The fraction of sp³-hybridized carbons (Fsp3) is 0.160. The lowest BCUT2D eigenvalue weighted by molar-refractivity contribution is 0.329. The summed E-state index contributed by atoms with van der Waals surface area (Å²) >= 11 is 1.72. The summed E-state index contributed by atoms with van der Waals surface area (Å²) < 4.78 is 16.6. The van der Waals surface area contributed by atoms with Crippen molar-refractivity contribution in [3.63, 3.8) is 0 Å². The third-order valence-electron chi connectivity index (χ3n) is 4.42. The van der Waals surface area contributed by atoms with Crippen molar-refractivity contribution in [3.8, 4) is 29.2 Å². The first kappa shape index (κ1) is 21.5. The highest BCUT2D eigenvalue weighted by molar-refractivity contribution is 7.99. The molecule has 0 N–H and O–H groups in total. The van der Waals surface area contributed by atoms with Gasteiger partial charge in [0, 0.05) is 28.5 Å². The van der Waals surface area contributed by atoms with Gasteiger partial charge in [0.1, 0.15) is 17.0 Å². The molecule has 0 spiro atoms. The maximum atomic E-state index is 5.97. The highest BCUT2D eigenvalue weighted by atomic mass is 32.2. The Labute approximate surface area is 191 Å². The van der Waals surface area contributed by atoms with Crippen LogP contribution in [0.4, 0.5) is 0 Å². The molecule has 7 heteroatoms. The standard InChI is InChI=1S/C25H21N3O3S/c1-29-19-15-18(16-20(17-19)30-2)10-11-23-25(28-22-9-6-12-26-24(22)27-23)31-13-14-32-21-7-4-3-5-8-21/h3-9,12,15-17H,13-14H2,1-2H3. The Balaban J connectivity index is 1.58. The number of aromatic nitrogens is 3. The van der Waals surface area contributed by atoms with Crippen LogP contribution in [0.15, 0.2) is 71.8 Å². The van der Waals surface area contributed by atoms with Gasteiger partial charge >= 0.3 is 0 Å². The number of ether oxygens (including phenoxy) is 3. The van der Waals surface area contributed by atoms with E-state index in [1.54, 1.807) is 38.2 Å². The monoisotopic (exact) mass is 443 g/mol. The van der Waals surface area contributed by atoms with E-state index >= 15 is 0 Å². The number of rotatable bonds is 7. The summed E-state index contributed by atoms with van der Waals surface area (Å²) in [6.07, 6.45) is 1.68. The highest BCUT2D eigenvalue weighted by Gasteiger charge is 2.10. The normalized spacial score (nSPS) is 10.3. The molecular weight excluding hydrogens is 422 g/mol. The fourth-order valence-corrected chi connectivity index (χ4v) is 3.64. The molecule has 160 valence electrons. The minimum absolute atomic E-state index is 0.390. The molecule has 2 heterocycles. The highest BCUT2D eigenvalue weighted by Crippen LogP contribution is 2.23. The molecule has 0 amide bonds. The molecule has 6 nitrogen and oxygen atoms in total. The Kier molecular flexibility index (Phi) is 7.05. The van der Waals surface area contributed by atoms with E-state index in [1.165, 1.54) is 4.90 Å². The Morgan fingerprint density at radius 1 is 0.875 bits per heavy atom. The molecule has 0 saturated carbocycles. The van der Waals surface area contributed by atoms with E-state index in [1.807, 2.05) is 42.5 Å². The predicted molar refractivity (Wildman–Crippen MR) is 126 cm³/mol. The van der Waals surface area contributed by atoms with Crippen LogP contribution in [0.5, 0.6) is 17.4 Å². The van der Waals surface area contributed by atoms with Crippen LogP contribution in [-0.2, 0) is 0 Å². The Bertz CT molecular complexity index is 1250. The van der Waals surface area contributed by atoms with Crippen LogP contribution >= 0.6 is 11.8 Å². The van der Waals surface area contributed by atoms with E-state index in [2.05, 4.69) is 38.9 Å². The maximum absolute atomic E-state index is 5.97. The summed E-state index contributed by atoms with van der Waals surface area (Å²) in [6.45, 7) is 0.474. The molecule has 0 aliphatic carbocycles. The Morgan fingerprint density at radius 2 is 1.66 bits per heavy atom. The van der Waals surface area contributed by atoms with Gasteiger partial charge in [-0.05, 0) is 42.3 Å². The first-order valence-electron chi connectivity index (χ1n) is 9.93. The van der Waals surface area contributed by atoms with E-state index in [-0.39, 0.29) is 0 Å². The average molecular weight is 444 g/mol. The molecule has 2 aromatic carbocycles. The molecule has 0 radical (unpaired) electrons. The van der Waals surface area contributed by atoms with Gasteiger partial charge in [0.25, 0.3) is 0 Å². The number of pyridine rings is 1. The van der Waals surface area contributed by atoms with Gasteiger partial charge in [-0.15, -0.1) is 11.8 Å².